The van der Waals surface area contributed by atoms with Crippen molar-refractivity contribution in [2.45, 2.75) is 58.3 Å². The molecule has 0 aliphatic rings. The molecule has 0 bridgehead atoms. The molecule has 0 spiro atoms. The van der Waals surface area contributed by atoms with Crippen molar-refractivity contribution < 1.29 is 66.5 Å². The monoisotopic (exact) mass is 744 g/mol. The van der Waals surface area contributed by atoms with Crippen molar-refractivity contribution in [3.8, 4) is 0 Å². The number of carbonyl (C=O) groups is 3. The van der Waals surface area contributed by atoms with Crippen molar-refractivity contribution in [3.05, 3.63) is 35.9 Å². The normalized spacial score (nSPS) is 11.2. The second kappa shape index (κ2) is 38.2. The zero-order chi connectivity index (χ0) is 37.4. The van der Waals surface area contributed by atoms with Gasteiger partial charge in [0.2, 0.25) is 0 Å². The van der Waals surface area contributed by atoms with Crippen molar-refractivity contribution in [1.82, 2.24) is 0 Å². The molecular formula is C38H64O14. The highest BCUT2D eigenvalue weighted by atomic mass is 16.6. The van der Waals surface area contributed by atoms with Crippen LogP contribution in [0.3, 0.4) is 0 Å². The van der Waals surface area contributed by atoms with E-state index < -0.39 is 11.8 Å². The van der Waals surface area contributed by atoms with Crippen LogP contribution in [0.4, 0.5) is 0 Å². The molecular weight excluding hydrogens is 680 g/mol. The summed E-state index contributed by atoms with van der Waals surface area (Å²) >= 11 is 0. The largest absolute Gasteiger partial charge is 0.463 e. The maximum Gasteiger partial charge on any atom is 0.379 e. The lowest BCUT2D eigenvalue weighted by molar-refractivity contribution is -0.145. The number of benzene rings is 1. The average molecular weight is 745 g/mol. The summed E-state index contributed by atoms with van der Waals surface area (Å²) in [4.78, 5) is 35.3. The lowest BCUT2D eigenvalue weighted by atomic mass is 10.1. The van der Waals surface area contributed by atoms with E-state index in [1.165, 1.54) is 32.1 Å². The summed E-state index contributed by atoms with van der Waals surface area (Å²) in [6.45, 7) is 10.2. The lowest BCUT2D eigenvalue weighted by Crippen LogP contribution is -2.20. The molecule has 0 radical (unpaired) electrons. The van der Waals surface area contributed by atoms with Gasteiger partial charge in [-0.2, -0.15) is 0 Å². The zero-order valence-electron chi connectivity index (χ0n) is 31.4. The average Bonchev–Trinajstić information content (AvgIpc) is 3.16. The summed E-state index contributed by atoms with van der Waals surface area (Å²) in [5.74, 6) is -1.73. The third-order valence-corrected chi connectivity index (χ3v) is 7.13. The number of esters is 2. The Balaban J connectivity index is 1.67. The van der Waals surface area contributed by atoms with Crippen molar-refractivity contribution in [2.75, 3.05) is 132 Å². The van der Waals surface area contributed by atoms with Crippen molar-refractivity contribution in [3.63, 3.8) is 0 Å². The fourth-order valence-electron chi connectivity index (χ4n) is 4.34. The highest BCUT2D eigenvalue weighted by molar-refractivity contribution is 6.40. The molecule has 0 atom stereocenters. The third-order valence-electron chi connectivity index (χ3n) is 7.13. The van der Waals surface area contributed by atoms with Crippen LogP contribution in [0.1, 0.15) is 68.6 Å². The smallest absolute Gasteiger partial charge is 0.379 e. The molecule has 0 heterocycles. The van der Waals surface area contributed by atoms with Gasteiger partial charge in [-0.1, -0.05) is 75.8 Å². The number of rotatable bonds is 40. The molecule has 0 saturated carbocycles. The zero-order valence-corrected chi connectivity index (χ0v) is 31.4. The number of hydrogen-bond acceptors (Lipinski definition) is 14. The number of hydrogen-bond donors (Lipinski definition) is 0. The van der Waals surface area contributed by atoms with Crippen molar-refractivity contribution >= 4 is 17.7 Å². The van der Waals surface area contributed by atoms with E-state index in [9.17, 15) is 14.4 Å². The van der Waals surface area contributed by atoms with Gasteiger partial charge < -0.3 is 52.1 Å². The molecule has 0 unspecified atom stereocenters. The Bertz CT molecular complexity index is 949. The van der Waals surface area contributed by atoms with Crippen LogP contribution in [-0.4, -0.2) is 150 Å². The first-order valence-corrected chi connectivity index (χ1v) is 18.8. The second-order valence-corrected chi connectivity index (χ2v) is 11.4. The molecule has 0 aliphatic heterocycles. The molecule has 1 aromatic carbocycles. The number of unbranched alkanes of at least 4 members (excludes halogenated alkanes) is 6. The summed E-state index contributed by atoms with van der Waals surface area (Å²) in [7, 11) is 0. The van der Waals surface area contributed by atoms with E-state index in [0.717, 1.165) is 12.8 Å². The Labute approximate surface area is 310 Å². The highest BCUT2D eigenvalue weighted by Crippen LogP contribution is 2.09. The predicted octanol–water partition coefficient (Wildman–Crippen LogP) is 4.25. The van der Waals surface area contributed by atoms with E-state index in [1.807, 2.05) is 0 Å². The quantitative estimate of drug-likeness (QED) is 0.0407. The summed E-state index contributed by atoms with van der Waals surface area (Å²) in [6.07, 6.45) is 8.74. The van der Waals surface area contributed by atoms with E-state index in [1.54, 1.807) is 30.3 Å². The van der Waals surface area contributed by atoms with Gasteiger partial charge in [0.05, 0.1) is 119 Å². The van der Waals surface area contributed by atoms with E-state index in [-0.39, 0.29) is 25.8 Å². The molecule has 52 heavy (non-hydrogen) atoms. The van der Waals surface area contributed by atoms with Crippen LogP contribution in [-0.2, 0) is 61.7 Å². The first kappa shape index (κ1) is 47.5. The number of Topliss-reactive ketones (excluding diaryl/α,β-unsaturated/α-hetero) is 1. The van der Waals surface area contributed by atoms with Gasteiger partial charge in [-0.25, -0.2) is 4.79 Å². The Kier molecular flexibility index (Phi) is 34.9. The molecule has 0 amide bonds. The SMILES string of the molecule is CCCCCCCCCC(=O)OCCOCCOCCOCCOCCOCCOCCOCCOCCOCCOC(=O)C(=O)c1ccccc1. The van der Waals surface area contributed by atoms with Crippen LogP contribution in [0.15, 0.2) is 30.3 Å². The molecule has 14 heteroatoms. The standard InChI is InChI=1S/C38H64O14/c1-2-3-4-5-6-7-11-14-36(39)51-33-31-49-29-27-47-25-23-45-21-19-43-17-15-42-16-18-44-20-22-46-24-26-48-28-30-50-32-34-52-38(41)37(40)35-12-9-8-10-13-35/h8-10,12-13H,2-7,11,14-34H2,1H3. The Morgan fingerprint density at radius 3 is 1.12 bits per heavy atom. The molecule has 1 aromatic rings. The van der Waals surface area contributed by atoms with E-state index in [0.29, 0.717) is 124 Å². The highest BCUT2D eigenvalue weighted by Gasteiger charge is 2.17. The van der Waals surface area contributed by atoms with Crippen LogP contribution < -0.4 is 0 Å². The molecule has 0 N–H and O–H groups in total. The van der Waals surface area contributed by atoms with Gasteiger partial charge in [-0.05, 0) is 6.42 Å². The van der Waals surface area contributed by atoms with Gasteiger partial charge >= 0.3 is 11.9 Å². The Morgan fingerprint density at radius 2 is 0.731 bits per heavy atom. The van der Waals surface area contributed by atoms with Gasteiger partial charge in [-0.3, -0.25) is 9.59 Å². The topological polar surface area (TPSA) is 153 Å². The minimum atomic E-state index is -0.899. The molecule has 1 rings (SSSR count). The molecule has 300 valence electrons. The number of carbonyl (C=O) groups excluding carboxylic acids is 3. The van der Waals surface area contributed by atoms with Crippen molar-refractivity contribution in [2.24, 2.45) is 0 Å². The van der Waals surface area contributed by atoms with Crippen LogP contribution >= 0.6 is 0 Å². The minimum absolute atomic E-state index is 0.00560. The van der Waals surface area contributed by atoms with Gasteiger partial charge in [-0.15, -0.1) is 0 Å². The Morgan fingerprint density at radius 1 is 0.404 bits per heavy atom. The molecule has 0 fully saturated rings. The first-order chi connectivity index (χ1) is 25.6. The van der Waals surface area contributed by atoms with Crippen molar-refractivity contribution in [1.29, 1.82) is 0 Å². The number of ether oxygens (including phenoxy) is 11. The first-order valence-electron chi connectivity index (χ1n) is 18.8. The van der Waals surface area contributed by atoms with E-state index in [2.05, 4.69) is 6.92 Å². The van der Waals surface area contributed by atoms with Gasteiger partial charge in [0.25, 0.3) is 5.78 Å². The van der Waals surface area contributed by atoms with E-state index in [4.69, 9.17) is 52.1 Å². The van der Waals surface area contributed by atoms with E-state index >= 15 is 0 Å². The third kappa shape index (κ3) is 32.1. The Hall–Kier alpha value is -2.53. The molecule has 0 aromatic heterocycles. The minimum Gasteiger partial charge on any atom is -0.463 e. The van der Waals surface area contributed by atoms with Crippen LogP contribution in [0.25, 0.3) is 0 Å². The summed E-state index contributed by atoms with van der Waals surface area (Å²) in [5, 5.41) is 0. The maximum absolute atomic E-state index is 11.9. The second-order valence-electron chi connectivity index (χ2n) is 11.4. The lowest BCUT2D eigenvalue weighted by Gasteiger charge is -2.09. The fourth-order valence-corrected chi connectivity index (χ4v) is 4.34. The summed E-state index contributed by atoms with van der Waals surface area (Å²) in [6, 6.07) is 8.25. The van der Waals surface area contributed by atoms with Gasteiger partial charge in [0.15, 0.2) is 0 Å². The summed E-state index contributed by atoms with van der Waals surface area (Å²) < 4.78 is 59.1. The van der Waals surface area contributed by atoms with Crippen LogP contribution in [0.5, 0.6) is 0 Å². The molecule has 0 saturated heterocycles. The molecule has 0 aliphatic carbocycles. The number of ketones is 1. The van der Waals surface area contributed by atoms with Crippen LogP contribution in [0, 0.1) is 0 Å². The van der Waals surface area contributed by atoms with Crippen LogP contribution in [0.2, 0.25) is 0 Å². The van der Waals surface area contributed by atoms with Gasteiger partial charge in [0, 0.05) is 12.0 Å². The summed E-state index contributed by atoms with van der Waals surface area (Å²) in [5.41, 5.74) is 0.294. The molecule has 14 nitrogen and oxygen atoms in total. The fraction of sp³-hybridized carbons (Fsp3) is 0.763. The predicted molar refractivity (Wildman–Crippen MR) is 193 cm³/mol. The maximum atomic E-state index is 11.9. The van der Waals surface area contributed by atoms with Gasteiger partial charge in [0.1, 0.15) is 13.2 Å².